The van der Waals surface area contributed by atoms with Gasteiger partial charge in [0, 0.05) is 12.6 Å². The van der Waals surface area contributed by atoms with E-state index in [1.54, 1.807) is 38.5 Å². The fourth-order valence-corrected chi connectivity index (χ4v) is 2.48. The van der Waals surface area contributed by atoms with Crippen LogP contribution in [0.4, 0.5) is 5.69 Å². The number of anilines is 1. The van der Waals surface area contributed by atoms with Crippen molar-refractivity contribution in [1.29, 1.82) is 0 Å². The summed E-state index contributed by atoms with van der Waals surface area (Å²) in [6.07, 6.45) is 1.58. The van der Waals surface area contributed by atoms with Gasteiger partial charge in [-0.3, -0.25) is 9.59 Å². The molecule has 1 N–H and O–H groups in total. The van der Waals surface area contributed by atoms with Gasteiger partial charge in [0.25, 0.3) is 0 Å². The molecule has 25 heavy (non-hydrogen) atoms. The molecule has 1 amide bonds. The number of carbonyl (C=O) groups is 2. The van der Waals surface area contributed by atoms with Gasteiger partial charge in [0.2, 0.25) is 5.91 Å². The molecule has 0 aliphatic heterocycles. The van der Waals surface area contributed by atoms with Crippen molar-refractivity contribution in [2.24, 2.45) is 0 Å². The molecular weight excluding hydrogens is 318 g/mol. The normalized spacial score (nSPS) is 11.0. The standard InChI is InChI=1S/C20H21NO4/c1-13(22)11-18(15-5-8-17(9-6-15)21-14(2)23)16-7-10-19(24-3)20(12-16)25-4/h5-12H,1-4H3,(H,21,23). The maximum Gasteiger partial charge on any atom is 0.221 e. The highest BCUT2D eigenvalue weighted by Gasteiger charge is 2.11. The van der Waals surface area contributed by atoms with E-state index in [-0.39, 0.29) is 11.7 Å². The van der Waals surface area contributed by atoms with Gasteiger partial charge in [-0.25, -0.2) is 0 Å². The number of benzene rings is 2. The second kappa shape index (κ2) is 8.15. The van der Waals surface area contributed by atoms with Crippen molar-refractivity contribution in [2.45, 2.75) is 13.8 Å². The van der Waals surface area contributed by atoms with Crippen LogP contribution in [-0.4, -0.2) is 25.9 Å². The third-order valence-corrected chi connectivity index (χ3v) is 3.56. The third kappa shape index (κ3) is 4.70. The second-order valence-electron chi connectivity index (χ2n) is 5.50. The van der Waals surface area contributed by atoms with Gasteiger partial charge in [-0.15, -0.1) is 0 Å². The molecule has 130 valence electrons. The van der Waals surface area contributed by atoms with E-state index in [2.05, 4.69) is 5.32 Å². The summed E-state index contributed by atoms with van der Waals surface area (Å²) in [4.78, 5) is 22.8. The molecule has 2 rings (SSSR count). The number of carbonyl (C=O) groups excluding carboxylic acids is 2. The number of hydrogen-bond donors (Lipinski definition) is 1. The maximum atomic E-state index is 11.7. The number of nitrogens with one attached hydrogen (secondary N) is 1. The van der Waals surface area contributed by atoms with Crippen LogP contribution in [0.15, 0.2) is 48.5 Å². The lowest BCUT2D eigenvalue weighted by atomic mass is 9.96. The summed E-state index contributed by atoms with van der Waals surface area (Å²) in [5.74, 6) is 1.02. The minimum Gasteiger partial charge on any atom is -0.493 e. The van der Waals surface area contributed by atoms with E-state index >= 15 is 0 Å². The predicted octanol–water partition coefficient (Wildman–Crippen LogP) is 3.68. The van der Waals surface area contributed by atoms with Crippen molar-refractivity contribution in [3.63, 3.8) is 0 Å². The number of ether oxygens (including phenoxy) is 2. The molecule has 0 saturated heterocycles. The van der Waals surface area contributed by atoms with Crippen LogP contribution in [0.5, 0.6) is 11.5 Å². The van der Waals surface area contributed by atoms with Gasteiger partial charge >= 0.3 is 0 Å². The largest absolute Gasteiger partial charge is 0.493 e. The minimum absolute atomic E-state index is 0.0595. The summed E-state index contributed by atoms with van der Waals surface area (Å²) in [6.45, 7) is 2.96. The fraction of sp³-hybridized carbons (Fsp3) is 0.200. The molecule has 0 aliphatic carbocycles. The summed E-state index contributed by atoms with van der Waals surface area (Å²) in [6, 6.07) is 12.8. The summed E-state index contributed by atoms with van der Waals surface area (Å²) < 4.78 is 10.6. The van der Waals surface area contributed by atoms with Crippen molar-refractivity contribution < 1.29 is 19.1 Å². The Bertz CT molecular complexity index is 807. The van der Waals surface area contributed by atoms with E-state index in [0.717, 1.165) is 16.7 Å². The molecule has 0 aromatic heterocycles. The first-order valence-corrected chi connectivity index (χ1v) is 7.77. The van der Waals surface area contributed by atoms with E-state index < -0.39 is 0 Å². The lowest BCUT2D eigenvalue weighted by Crippen LogP contribution is -2.05. The molecule has 2 aromatic carbocycles. The van der Waals surface area contributed by atoms with E-state index in [4.69, 9.17) is 9.47 Å². The number of hydrogen-bond acceptors (Lipinski definition) is 4. The average Bonchev–Trinajstić information content (AvgIpc) is 2.59. The molecule has 0 fully saturated rings. The zero-order chi connectivity index (χ0) is 18.4. The summed E-state index contributed by atoms with van der Waals surface area (Å²) >= 11 is 0. The second-order valence-corrected chi connectivity index (χ2v) is 5.50. The third-order valence-electron chi connectivity index (χ3n) is 3.56. The topological polar surface area (TPSA) is 64.6 Å². The van der Waals surface area contributed by atoms with Crippen LogP contribution in [0.1, 0.15) is 25.0 Å². The van der Waals surface area contributed by atoms with Gasteiger partial charge in [0.05, 0.1) is 14.2 Å². The Labute approximate surface area is 147 Å². The molecular formula is C20H21NO4. The number of allylic oxidation sites excluding steroid dienone is 1. The van der Waals surface area contributed by atoms with Gasteiger partial charge in [0.15, 0.2) is 17.3 Å². The average molecular weight is 339 g/mol. The lowest BCUT2D eigenvalue weighted by molar-refractivity contribution is -0.114. The van der Waals surface area contributed by atoms with Crippen molar-refractivity contribution in [2.75, 3.05) is 19.5 Å². The molecule has 0 saturated carbocycles. The monoisotopic (exact) mass is 339 g/mol. The van der Waals surface area contributed by atoms with E-state index in [1.165, 1.54) is 13.8 Å². The van der Waals surface area contributed by atoms with Gasteiger partial charge in [0.1, 0.15) is 0 Å². The van der Waals surface area contributed by atoms with Crippen LogP contribution in [-0.2, 0) is 9.59 Å². The van der Waals surface area contributed by atoms with Crippen molar-refractivity contribution in [3.8, 4) is 11.5 Å². The Balaban J connectivity index is 2.47. The first kappa shape index (κ1) is 18.3. The zero-order valence-electron chi connectivity index (χ0n) is 14.8. The molecule has 2 aromatic rings. The van der Waals surface area contributed by atoms with Gasteiger partial charge in [-0.1, -0.05) is 18.2 Å². The maximum absolute atomic E-state index is 11.7. The van der Waals surface area contributed by atoms with Crippen molar-refractivity contribution >= 4 is 23.0 Å². The van der Waals surface area contributed by atoms with Crippen LogP contribution in [0.25, 0.3) is 5.57 Å². The molecule has 0 radical (unpaired) electrons. The van der Waals surface area contributed by atoms with Gasteiger partial charge in [-0.05, 0) is 54.0 Å². The number of ketones is 1. The van der Waals surface area contributed by atoms with Crippen LogP contribution in [0.3, 0.4) is 0 Å². The first-order chi connectivity index (χ1) is 11.9. The van der Waals surface area contributed by atoms with Crippen LogP contribution >= 0.6 is 0 Å². The highest BCUT2D eigenvalue weighted by atomic mass is 16.5. The van der Waals surface area contributed by atoms with Crippen LogP contribution in [0, 0.1) is 0 Å². The molecule has 0 bridgehead atoms. The Morgan fingerprint density at radius 1 is 0.880 bits per heavy atom. The molecule has 5 heteroatoms. The van der Waals surface area contributed by atoms with Crippen LogP contribution in [0.2, 0.25) is 0 Å². The predicted molar refractivity (Wildman–Crippen MR) is 98.1 cm³/mol. The Morgan fingerprint density at radius 3 is 2.00 bits per heavy atom. The number of rotatable bonds is 6. The minimum atomic E-state index is -0.132. The number of amides is 1. The smallest absolute Gasteiger partial charge is 0.221 e. The molecule has 5 nitrogen and oxygen atoms in total. The SMILES string of the molecule is COc1ccc(C(=CC(C)=O)c2ccc(NC(C)=O)cc2)cc1OC. The molecule has 0 heterocycles. The summed E-state index contributed by atoms with van der Waals surface area (Å²) in [5.41, 5.74) is 3.16. The quantitative estimate of drug-likeness (QED) is 0.815. The van der Waals surface area contributed by atoms with Crippen LogP contribution < -0.4 is 14.8 Å². The van der Waals surface area contributed by atoms with E-state index in [1.807, 2.05) is 24.3 Å². The first-order valence-electron chi connectivity index (χ1n) is 7.77. The molecule has 0 atom stereocenters. The molecule has 0 unspecified atom stereocenters. The van der Waals surface area contributed by atoms with Gasteiger partial charge < -0.3 is 14.8 Å². The lowest BCUT2D eigenvalue weighted by Gasteiger charge is -2.13. The Morgan fingerprint density at radius 2 is 1.48 bits per heavy atom. The Hall–Kier alpha value is -3.08. The summed E-state index contributed by atoms with van der Waals surface area (Å²) in [7, 11) is 3.14. The van der Waals surface area contributed by atoms with E-state index in [9.17, 15) is 9.59 Å². The molecule has 0 spiro atoms. The Kier molecular flexibility index (Phi) is 5.95. The zero-order valence-corrected chi connectivity index (χ0v) is 14.8. The number of methoxy groups -OCH3 is 2. The highest BCUT2D eigenvalue weighted by molar-refractivity contribution is 5.99. The fourth-order valence-electron chi connectivity index (χ4n) is 2.48. The van der Waals surface area contributed by atoms with Gasteiger partial charge in [-0.2, -0.15) is 0 Å². The van der Waals surface area contributed by atoms with E-state index in [0.29, 0.717) is 17.2 Å². The molecule has 0 aliphatic rings. The summed E-state index contributed by atoms with van der Waals surface area (Å²) in [5, 5.41) is 2.72. The highest BCUT2D eigenvalue weighted by Crippen LogP contribution is 2.33. The van der Waals surface area contributed by atoms with Crippen molar-refractivity contribution in [3.05, 3.63) is 59.7 Å². The van der Waals surface area contributed by atoms with Crippen molar-refractivity contribution in [1.82, 2.24) is 0 Å².